The zero-order valence-electron chi connectivity index (χ0n) is 11.3. The van der Waals surface area contributed by atoms with Gasteiger partial charge in [-0.05, 0) is 39.3 Å². The van der Waals surface area contributed by atoms with E-state index in [-0.39, 0.29) is 6.10 Å². The minimum atomic E-state index is 0.191. The van der Waals surface area contributed by atoms with Gasteiger partial charge in [0.2, 0.25) is 5.88 Å². The molecule has 0 saturated carbocycles. The number of hydrogen-bond donors (Lipinski definition) is 1. The molecule has 100 valence electrons. The molecule has 4 nitrogen and oxygen atoms in total. The van der Waals surface area contributed by atoms with Gasteiger partial charge in [0.05, 0.1) is 18.3 Å². The summed E-state index contributed by atoms with van der Waals surface area (Å²) >= 11 is 5.03. The Morgan fingerprint density at radius 2 is 2.06 bits per heavy atom. The van der Waals surface area contributed by atoms with Crippen molar-refractivity contribution in [2.45, 2.75) is 33.8 Å². The van der Waals surface area contributed by atoms with Gasteiger partial charge >= 0.3 is 0 Å². The second-order valence-corrected chi connectivity index (χ2v) is 4.83. The summed E-state index contributed by atoms with van der Waals surface area (Å²) in [4.78, 5) is 4.63. The molecule has 0 aliphatic heterocycles. The maximum Gasteiger partial charge on any atom is 0.224 e. The molecule has 5 heteroatoms. The zero-order valence-corrected chi connectivity index (χ0v) is 12.1. The van der Waals surface area contributed by atoms with Crippen LogP contribution in [0.25, 0.3) is 0 Å². The van der Waals surface area contributed by atoms with E-state index in [4.69, 9.17) is 27.4 Å². The van der Waals surface area contributed by atoms with Crippen molar-refractivity contribution in [3.8, 4) is 5.88 Å². The van der Waals surface area contributed by atoms with Crippen LogP contribution in [0.2, 0.25) is 0 Å². The number of rotatable bonds is 6. The van der Waals surface area contributed by atoms with Crippen molar-refractivity contribution in [1.82, 2.24) is 4.98 Å². The van der Waals surface area contributed by atoms with Crippen molar-refractivity contribution in [1.29, 1.82) is 0 Å². The van der Waals surface area contributed by atoms with Crippen molar-refractivity contribution < 1.29 is 9.47 Å². The first-order valence-electron chi connectivity index (χ1n) is 5.94. The van der Waals surface area contributed by atoms with Crippen LogP contribution in [0.5, 0.6) is 5.88 Å². The number of aromatic nitrogens is 1. The Morgan fingerprint density at radius 3 is 2.61 bits per heavy atom. The SMILES string of the molecule is Cc1cc(C)c(C(N)=S)c(OCCOC(C)C)n1. The molecule has 0 amide bonds. The van der Waals surface area contributed by atoms with Crippen LogP contribution in [0.4, 0.5) is 0 Å². The topological polar surface area (TPSA) is 57.4 Å². The molecule has 1 rings (SSSR count). The van der Waals surface area contributed by atoms with E-state index in [9.17, 15) is 0 Å². The largest absolute Gasteiger partial charge is 0.475 e. The molecule has 1 aromatic heterocycles. The predicted molar refractivity (Wildman–Crippen MR) is 76.2 cm³/mol. The Bertz CT molecular complexity index is 433. The maximum absolute atomic E-state index is 5.70. The van der Waals surface area contributed by atoms with Crippen molar-refractivity contribution in [2.75, 3.05) is 13.2 Å². The third-order valence-corrected chi connectivity index (χ3v) is 2.54. The normalized spacial score (nSPS) is 10.7. The monoisotopic (exact) mass is 268 g/mol. The van der Waals surface area contributed by atoms with E-state index in [1.54, 1.807) is 0 Å². The molecule has 2 N–H and O–H groups in total. The van der Waals surface area contributed by atoms with E-state index >= 15 is 0 Å². The molecular weight excluding hydrogens is 248 g/mol. The van der Waals surface area contributed by atoms with Crippen LogP contribution in [-0.2, 0) is 4.74 Å². The first-order chi connectivity index (χ1) is 8.41. The van der Waals surface area contributed by atoms with Crippen molar-refractivity contribution >= 4 is 17.2 Å². The number of pyridine rings is 1. The van der Waals surface area contributed by atoms with Gasteiger partial charge in [0.1, 0.15) is 11.6 Å². The van der Waals surface area contributed by atoms with Crippen molar-refractivity contribution in [3.05, 3.63) is 22.9 Å². The zero-order chi connectivity index (χ0) is 13.7. The highest BCUT2D eigenvalue weighted by Crippen LogP contribution is 2.20. The van der Waals surface area contributed by atoms with Crippen LogP contribution >= 0.6 is 12.2 Å². The van der Waals surface area contributed by atoms with Crippen LogP contribution in [-0.4, -0.2) is 29.3 Å². The molecule has 0 radical (unpaired) electrons. The van der Waals surface area contributed by atoms with Crippen LogP contribution in [0.3, 0.4) is 0 Å². The Morgan fingerprint density at radius 1 is 1.39 bits per heavy atom. The molecule has 0 saturated heterocycles. The lowest BCUT2D eigenvalue weighted by molar-refractivity contribution is 0.0541. The molecular formula is C13H20N2O2S. The molecule has 0 atom stereocenters. The molecule has 0 spiro atoms. The summed E-state index contributed by atoms with van der Waals surface area (Å²) in [5, 5.41) is 0. The lowest BCUT2D eigenvalue weighted by Gasteiger charge is -2.13. The molecule has 0 aliphatic carbocycles. The van der Waals surface area contributed by atoms with E-state index in [2.05, 4.69) is 4.98 Å². The van der Waals surface area contributed by atoms with Crippen LogP contribution < -0.4 is 10.5 Å². The predicted octanol–water partition coefficient (Wildman–Crippen LogP) is 2.14. The molecule has 0 aliphatic rings. The molecule has 0 aromatic carbocycles. The average molecular weight is 268 g/mol. The minimum Gasteiger partial charge on any atom is -0.475 e. The Labute approximate surface area is 113 Å². The van der Waals surface area contributed by atoms with E-state index in [1.807, 2.05) is 33.8 Å². The van der Waals surface area contributed by atoms with Crippen LogP contribution in [0.1, 0.15) is 30.7 Å². The fourth-order valence-electron chi connectivity index (χ4n) is 1.63. The molecule has 0 bridgehead atoms. The van der Waals surface area contributed by atoms with E-state index < -0.39 is 0 Å². The van der Waals surface area contributed by atoms with Gasteiger partial charge in [-0.2, -0.15) is 0 Å². The van der Waals surface area contributed by atoms with E-state index in [1.165, 1.54) is 0 Å². The maximum atomic E-state index is 5.70. The summed E-state index contributed by atoms with van der Waals surface area (Å²) < 4.78 is 11.0. The van der Waals surface area contributed by atoms with Crippen molar-refractivity contribution in [2.24, 2.45) is 5.73 Å². The van der Waals surface area contributed by atoms with Crippen LogP contribution in [0.15, 0.2) is 6.07 Å². The lowest BCUT2D eigenvalue weighted by Crippen LogP contribution is -2.17. The molecule has 0 fully saturated rings. The van der Waals surface area contributed by atoms with Crippen LogP contribution in [0, 0.1) is 13.8 Å². The number of nitrogens with two attached hydrogens (primary N) is 1. The Kier molecular flexibility index (Phi) is 5.50. The number of nitrogens with zero attached hydrogens (tertiary/aromatic N) is 1. The Balaban J connectivity index is 2.77. The minimum absolute atomic E-state index is 0.191. The summed E-state index contributed by atoms with van der Waals surface area (Å²) in [5.74, 6) is 0.493. The first kappa shape index (κ1) is 14.9. The molecule has 18 heavy (non-hydrogen) atoms. The molecule has 1 heterocycles. The van der Waals surface area contributed by atoms with Crippen molar-refractivity contribution in [3.63, 3.8) is 0 Å². The summed E-state index contributed by atoms with van der Waals surface area (Å²) in [7, 11) is 0. The van der Waals surface area contributed by atoms with Gasteiger partial charge < -0.3 is 15.2 Å². The molecule has 0 unspecified atom stereocenters. The highest BCUT2D eigenvalue weighted by Gasteiger charge is 2.12. The van der Waals surface area contributed by atoms with E-state index in [0.29, 0.717) is 29.6 Å². The number of ether oxygens (including phenoxy) is 2. The lowest BCUT2D eigenvalue weighted by atomic mass is 10.1. The highest BCUT2D eigenvalue weighted by atomic mass is 32.1. The quantitative estimate of drug-likeness (QED) is 0.633. The molecule has 1 aromatic rings. The summed E-state index contributed by atoms with van der Waals surface area (Å²) in [6.45, 7) is 8.77. The second-order valence-electron chi connectivity index (χ2n) is 4.39. The first-order valence-corrected chi connectivity index (χ1v) is 6.35. The second kappa shape index (κ2) is 6.66. The fourth-order valence-corrected chi connectivity index (χ4v) is 1.88. The van der Waals surface area contributed by atoms with Gasteiger partial charge in [0.25, 0.3) is 0 Å². The third-order valence-electron chi connectivity index (χ3n) is 2.33. The smallest absolute Gasteiger partial charge is 0.224 e. The summed E-state index contributed by atoms with van der Waals surface area (Å²) in [6, 6.07) is 1.94. The summed E-state index contributed by atoms with van der Waals surface area (Å²) in [6.07, 6.45) is 0.191. The standard InChI is InChI=1S/C13H20N2O2S/c1-8(2)16-5-6-17-13-11(12(14)18)9(3)7-10(4)15-13/h7-8H,5-6H2,1-4H3,(H2,14,18). The van der Waals surface area contributed by atoms with E-state index in [0.717, 1.165) is 11.3 Å². The van der Waals surface area contributed by atoms with Gasteiger partial charge in [-0.1, -0.05) is 12.2 Å². The van der Waals surface area contributed by atoms with Gasteiger partial charge in [-0.25, -0.2) is 4.98 Å². The third kappa shape index (κ3) is 4.23. The van der Waals surface area contributed by atoms with Gasteiger partial charge in [0, 0.05) is 5.69 Å². The summed E-state index contributed by atoms with van der Waals surface area (Å²) in [5.41, 5.74) is 8.27. The average Bonchev–Trinajstić information content (AvgIpc) is 2.22. The fraction of sp³-hybridized carbons (Fsp3) is 0.538. The Hall–Kier alpha value is -1.20. The van der Waals surface area contributed by atoms with Gasteiger partial charge in [0.15, 0.2) is 0 Å². The van der Waals surface area contributed by atoms with Gasteiger partial charge in [-0.15, -0.1) is 0 Å². The van der Waals surface area contributed by atoms with Gasteiger partial charge in [-0.3, -0.25) is 0 Å². The number of aryl methyl sites for hydroxylation is 2. The highest BCUT2D eigenvalue weighted by molar-refractivity contribution is 7.80. The number of hydrogen-bond acceptors (Lipinski definition) is 4. The number of thiocarbonyl (C=S) groups is 1.